The van der Waals surface area contributed by atoms with Crippen LogP contribution in [0.25, 0.3) is 0 Å². The van der Waals surface area contributed by atoms with Gasteiger partial charge in [0.05, 0.1) is 5.69 Å². The van der Waals surface area contributed by atoms with Gasteiger partial charge in [0.15, 0.2) is 0 Å². The molecule has 4 nitrogen and oxygen atoms in total. The molecule has 0 fully saturated rings. The molecule has 0 saturated carbocycles. The van der Waals surface area contributed by atoms with Crippen LogP contribution in [0.4, 0.5) is 5.69 Å². The number of hydrogen-bond donors (Lipinski definition) is 3. The average molecular weight is 197 g/mol. The fourth-order valence-corrected chi connectivity index (χ4v) is 0.970. The zero-order valence-electron chi connectivity index (χ0n) is 7.19. The molecule has 0 radical (unpaired) electrons. The Hall–Kier alpha value is -1.17. The number of benzene rings is 1. The summed E-state index contributed by atoms with van der Waals surface area (Å²) in [5.74, 6) is 5.05. The second kappa shape index (κ2) is 4.18. The highest BCUT2D eigenvalue weighted by Gasteiger charge is 2.06. The Kier molecular flexibility index (Phi) is 3.18. The highest BCUT2D eigenvalue weighted by Crippen LogP contribution is 2.12. The molecule has 1 aromatic rings. The number of hydrogen-bond acceptors (Lipinski definition) is 3. The van der Waals surface area contributed by atoms with Crippen LogP contribution >= 0.6 is 12.2 Å². The molecule has 0 aliphatic heterocycles. The Morgan fingerprint density at radius 3 is 2.46 bits per heavy atom. The van der Waals surface area contributed by atoms with E-state index in [9.17, 15) is 5.21 Å². The van der Waals surface area contributed by atoms with Crippen LogP contribution in [0.5, 0.6) is 0 Å². The van der Waals surface area contributed by atoms with Gasteiger partial charge in [-0.3, -0.25) is 10.6 Å². The van der Waals surface area contributed by atoms with E-state index in [1.165, 1.54) is 0 Å². The first-order valence-corrected chi connectivity index (χ1v) is 4.12. The van der Waals surface area contributed by atoms with Gasteiger partial charge in [0, 0.05) is 0 Å². The number of rotatable bonds is 1. The highest BCUT2D eigenvalue weighted by atomic mass is 32.1. The molecule has 13 heavy (non-hydrogen) atoms. The van der Waals surface area contributed by atoms with Crippen molar-refractivity contribution < 1.29 is 5.21 Å². The van der Waals surface area contributed by atoms with Crippen molar-refractivity contribution >= 4 is 23.0 Å². The zero-order chi connectivity index (χ0) is 9.84. The molecule has 0 aliphatic carbocycles. The molecule has 0 spiro atoms. The summed E-state index contributed by atoms with van der Waals surface area (Å²) in [6, 6.07) is 7.24. The first-order chi connectivity index (χ1) is 6.15. The lowest BCUT2D eigenvalue weighted by atomic mass is 10.2. The second-order valence-corrected chi connectivity index (χ2v) is 2.98. The molecule has 0 unspecified atom stereocenters. The van der Waals surface area contributed by atoms with E-state index in [1.54, 1.807) is 12.1 Å². The first kappa shape index (κ1) is 9.91. The summed E-state index contributed by atoms with van der Waals surface area (Å²) in [5.41, 5.74) is 3.88. The molecule has 70 valence electrons. The van der Waals surface area contributed by atoms with Gasteiger partial charge in [-0.1, -0.05) is 17.7 Å². The minimum atomic E-state index is 0.0591. The normalized spacial score (nSPS) is 9.46. The van der Waals surface area contributed by atoms with Gasteiger partial charge in [0.25, 0.3) is 0 Å². The van der Waals surface area contributed by atoms with Crippen molar-refractivity contribution in [3.8, 4) is 0 Å². The van der Waals surface area contributed by atoms with Crippen molar-refractivity contribution in [1.29, 1.82) is 0 Å². The fraction of sp³-hybridized carbons (Fsp3) is 0.125. The fourth-order valence-electron chi connectivity index (χ4n) is 0.864. The minimum absolute atomic E-state index is 0.0591. The van der Waals surface area contributed by atoms with Gasteiger partial charge in [-0.05, 0) is 31.3 Å². The van der Waals surface area contributed by atoms with E-state index in [0.717, 1.165) is 10.6 Å². The second-order valence-electron chi connectivity index (χ2n) is 2.60. The van der Waals surface area contributed by atoms with Gasteiger partial charge >= 0.3 is 0 Å². The lowest BCUT2D eigenvalue weighted by Gasteiger charge is -2.16. The lowest BCUT2D eigenvalue weighted by Crippen LogP contribution is -2.41. The standard InChI is InChI=1S/C8H11N3OS/c1-6-2-4-7(5-3-6)11(12)8(13)10-9/h2-5,12H,9H2,1H3,(H,10,13). The SMILES string of the molecule is Cc1ccc(N(O)C(=S)NN)cc1. The van der Waals surface area contributed by atoms with Crippen molar-refractivity contribution in [2.45, 2.75) is 6.92 Å². The molecule has 5 heteroatoms. The highest BCUT2D eigenvalue weighted by molar-refractivity contribution is 7.80. The Labute approximate surface area is 81.9 Å². The third-order valence-corrected chi connectivity index (χ3v) is 1.89. The molecule has 0 aliphatic rings. The molecule has 0 bridgehead atoms. The Bertz CT molecular complexity index is 299. The van der Waals surface area contributed by atoms with E-state index in [-0.39, 0.29) is 5.11 Å². The number of nitrogens with zero attached hydrogens (tertiary/aromatic N) is 1. The Morgan fingerprint density at radius 1 is 1.46 bits per heavy atom. The minimum Gasteiger partial charge on any atom is -0.299 e. The zero-order valence-corrected chi connectivity index (χ0v) is 8.01. The summed E-state index contributed by atoms with van der Waals surface area (Å²) in [6.07, 6.45) is 0. The van der Waals surface area contributed by atoms with Gasteiger partial charge in [0.1, 0.15) is 0 Å². The monoisotopic (exact) mass is 197 g/mol. The van der Waals surface area contributed by atoms with E-state index in [1.807, 2.05) is 19.1 Å². The van der Waals surface area contributed by atoms with Crippen LogP contribution in [0.2, 0.25) is 0 Å². The summed E-state index contributed by atoms with van der Waals surface area (Å²) >= 11 is 4.73. The van der Waals surface area contributed by atoms with E-state index < -0.39 is 0 Å². The van der Waals surface area contributed by atoms with E-state index in [2.05, 4.69) is 5.43 Å². The smallest absolute Gasteiger partial charge is 0.212 e. The van der Waals surface area contributed by atoms with Crippen LogP contribution in [0.1, 0.15) is 5.56 Å². The van der Waals surface area contributed by atoms with Crippen LogP contribution in [0.15, 0.2) is 24.3 Å². The summed E-state index contributed by atoms with van der Waals surface area (Å²) in [6.45, 7) is 1.96. The van der Waals surface area contributed by atoms with Crippen molar-refractivity contribution in [3.05, 3.63) is 29.8 Å². The Balaban J connectivity index is 2.83. The third kappa shape index (κ3) is 2.38. The van der Waals surface area contributed by atoms with E-state index >= 15 is 0 Å². The molecule has 1 aromatic carbocycles. The summed E-state index contributed by atoms with van der Waals surface area (Å²) in [7, 11) is 0. The molecule has 1 rings (SSSR count). The van der Waals surface area contributed by atoms with E-state index in [4.69, 9.17) is 18.1 Å². The molecular weight excluding hydrogens is 186 g/mol. The largest absolute Gasteiger partial charge is 0.299 e. The number of hydroxylamine groups is 1. The van der Waals surface area contributed by atoms with Gasteiger partial charge < -0.3 is 0 Å². The Morgan fingerprint density at radius 2 is 2.00 bits per heavy atom. The maximum absolute atomic E-state index is 9.43. The topological polar surface area (TPSA) is 61.5 Å². The first-order valence-electron chi connectivity index (χ1n) is 3.71. The van der Waals surface area contributed by atoms with Crippen LogP contribution in [-0.2, 0) is 0 Å². The summed E-state index contributed by atoms with van der Waals surface area (Å²) in [5, 5.41) is 10.3. The maximum Gasteiger partial charge on any atom is 0.212 e. The average Bonchev–Trinajstić information content (AvgIpc) is 2.17. The number of anilines is 1. The number of nitrogens with one attached hydrogen (secondary N) is 1. The van der Waals surface area contributed by atoms with Crippen molar-refractivity contribution in [2.75, 3.05) is 5.06 Å². The van der Waals surface area contributed by atoms with Gasteiger partial charge in [0.2, 0.25) is 5.11 Å². The quantitative estimate of drug-likeness (QED) is 0.355. The molecular formula is C8H11N3OS. The van der Waals surface area contributed by atoms with Crippen LogP contribution in [0.3, 0.4) is 0 Å². The molecule has 4 N–H and O–H groups in total. The predicted molar refractivity (Wildman–Crippen MR) is 55.4 cm³/mol. The lowest BCUT2D eigenvalue weighted by molar-refractivity contribution is 0.310. The van der Waals surface area contributed by atoms with Crippen LogP contribution < -0.4 is 16.3 Å². The van der Waals surface area contributed by atoms with Crippen molar-refractivity contribution in [3.63, 3.8) is 0 Å². The molecule has 0 heterocycles. The number of aryl methyl sites for hydroxylation is 1. The maximum atomic E-state index is 9.43. The van der Waals surface area contributed by atoms with Crippen molar-refractivity contribution in [2.24, 2.45) is 5.84 Å². The molecule has 0 amide bonds. The third-order valence-electron chi connectivity index (χ3n) is 1.59. The summed E-state index contributed by atoms with van der Waals surface area (Å²) in [4.78, 5) is 0. The summed E-state index contributed by atoms with van der Waals surface area (Å²) < 4.78 is 0. The number of nitrogens with two attached hydrogens (primary N) is 1. The van der Waals surface area contributed by atoms with Gasteiger partial charge in [-0.25, -0.2) is 5.84 Å². The van der Waals surface area contributed by atoms with Gasteiger partial charge in [-0.2, -0.15) is 5.06 Å². The molecule has 0 saturated heterocycles. The van der Waals surface area contributed by atoms with Gasteiger partial charge in [-0.15, -0.1) is 0 Å². The van der Waals surface area contributed by atoms with E-state index in [0.29, 0.717) is 5.69 Å². The number of thiocarbonyl (C=S) groups is 1. The van der Waals surface area contributed by atoms with Crippen molar-refractivity contribution in [1.82, 2.24) is 5.43 Å². The molecule has 0 atom stereocenters. The number of hydrazine groups is 1. The van der Waals surface area contributed by atoms with Crippen LogP contribution in [-0.4, -0.2) is 10.3 Å². The molecule has 0 aromatic heterocycles. The van der Waals surface area contributed by atoms with Crippen LogP contribution in [0, 0.1) is 6.92 Å². The predicted octanol–water partition coefficient (Wildman–Crippen LogP) is 0.939.